The van der Waals surface area contributed by atoms with E-state index in [0.717, 1.165) is 17.9 Å². The van der Waals surface area contributed by atoms with Crippen molar-refractivity contribution in [2.75, 3.05) is 6.54 Å². The van der Waals surface area contributed by atoms with Crippen LogP contribution in [0.25, 0.3) is 0 Å². The van der Waals surface area contributed by atoms with E-state index < -0.39 is 17.8 Å². The molecule has 3 aliphatic rings. The summed E-state index contributed by atoms with van der Waals surface area (Å²) in [5.41, 5.74) is 2.89. The Morgan fingerprint density at radius 1 is 0.880 bits per heavy atom. The molecule has 0 radical (unpaired) electrons. The van der Waals surface area contributed by atoms with E-state index in [0.29, 0.717) is 24.4 Å². The quantitative estimate of drug-likeness (QED) is 0.697. The summed E-state index contributed by atoms with van der Waals surface area (Å²) in [7, 11) is 0. The number of amides is 4. The Bertz CT molecular complexity index is 579. The van der Waals surface area contributed by atoms with Crippen molar-refractivity contribution < 1.29 is 28.8 Å². The van der Waals surface area contributed by atoms with E-state index >= 15 is 0 Å². The molecule has 4 amide bonds. The van der Waals surface area contributed by atoms with Crippen LogP contribution in [-0.2, 0) is 28.8 Å². The normalized spacial score (nSPS) is 27.4. The Hall–Kier alpha value is -2.29. The molecule has 3 rings (SSSR count). The Morgan fingerprint density at radius 3 is 1.96 bits per heavy atom. The zero-order valence-corrected chi connectivity index (χ0v) is 13.9. The molecule has 1 aliphatic carbocycles. The molecule has 1 saturated carbocycles. The van der Waals surface area contributed by atoms with E-state index in [2.05, 4.69) is 5.43 Å². The van der Waals surface area contributed by atoms with Crippen LogP contribution >= 0.6 is 0 Å². The Kier molecular flexibility index (Phi) is 5.12. The smallest absolute Gasteiger partial charge is 0.330 e. The van der Waals surface area contributed by atoms with Gasteiger partial charge < -0.3 is 4.84 Å². The topological polar surface area (TPSA) is 113 Å². The van der Waals surface area contributed by atoms with Crippen molar-refractivity contribution in [3.8, 4) is 0 Å². The molecule has 0 spiro atoms. The maximum atomic E-state index is 12.1. The summed E-state index contributed by atoms with van der Waals surface area (Å²) in [4.78, 5) is 63.1. The van der Waals surface area contributed by atoms with E-state index in [1.165, 1.54) is 0 Å². The van der Waals surface area contributed by atoms with Gasteiger partial charge in [-0.25, -0.2) is 15.2 Å². The fourth-order valence-electron chi connectivity index (χ4n) is 3.40. The van der Waals surface area contributed by atoms with Crippen LogP contribution in [0.4, 0.5) is 0 Å². The number of hydrogen-bond donors (Lipinski definition) is 1. The van der Waals surface area contributed by atoms with Crippen molar-refractivity contribution in [1.29, 1.82) is 0 Å². The zero-order chi connectivity index (χ0) is 18.0. The first kappa shape index (κ1) is 17.5. The van der Waals surface area contributed by atoms with Gasteiger partial charge in [-0.1, -0.05) is 0 Å². The van der Waals surface area contributed by atoms with Crippen LogP contribution in [0.5, 0.6) is 0 Å². The molecule has 0 unspecified atom stereocenters. The first-order valence-electron chi connectivity index (χ1n) is 8.62. The maximum absolute atomic E-state index is 12.1. The van der Waals surface area contributed by atoms with Crippen molar-refractivity contribution in [1.82, 2.24) is 15.5 Å². The molecule has 9 heteroatoms. The van der Waals surface area contributed by atoms with Crippen LogP contribution in [0.1, 0.15) is 51.4 Å². The lowest BCUT2D eigenvalue weighted by atomic mass is 9.82. The third-order valence-corrected chi connectivity index (χ3v) is 4.96. The highest BCUT2D eigenvalue weighted by Gasteiger charge is 2.36. The molecule has 0 atom stereocenters. The number of carbonyl (C=O) groups is 5. The van der Waals surface area contributed by atoms with Crippen LogP contribution < -0.4 is 5.43 Å². The summed E-state index contributed by atoms with van der Waals surface area (Å²) in [5.74, 6) is -2.00. The molecule has 2 heterocycles. The van der Waals surface area contributed by atoms with E-state index in [-0.39, 0.29) is 49.3 Å². The minimum Gasteiger partial charge on any atom is -0.330 e. The van der Waals surface area contributed by atoms with E-state index in [4.69, 9.17) is 4.84 Å². The average Bonchev–Trinajstić information content (AvgIpc) is 3.09. The van der Waals surface area contributed by atoms with Gasteiger partial charge in [0.15, 0.2) is 0 Å². The summed E-state index contributed by atoms with van der Waals surface area (Å²) in [6, 6.07) is 0. The van der Waals surface area contributed by atoms with Crippen molar-refractivity contribution in [2.24, 2.45) is 11.8 Å². The van der Waals surface area contributed by atoms with Gasteiger partial charge in [-0.15, -0.1) is 5.06 Å². The third-order valence-electron chi connectivity index (χ3n) is 4.96. The second-order valence-electron chi connectivity index (χ2n) is 6.69. The Morgan fingerprint density at radius 2 is 1.40 bits per heavy atom. The molecule has 0 bridgehead atoms. The summed E-state index contributed by atoms with van der Waals surface area (Å²) in [6.07, 6.45) is 3.32. The monoisotopic (exact) mass is 351 g/mol. The molecule has 136 valence electrons. The first-order valence-corrected chi connectivity index (χ1v) is 8.62. The maximum Gasteiger partial charge on any atom is 0.336 e. The number of nitrogens with one attached hydrogen (secondary N) is 1. The van der Waals surface area contributed by atoms with Gasteiger partial charge in [-0.05, 0) is 31.6 Å². The summed E-state index contributed by atoms with van der Waals surface area (Å²) >= 11 is 0. The molecule has 0 aromatic heterocycles. The second kappa shape index (κ2) is 7.30. The number of carbonyl (C=O) groups excluding carboxylic acids is 5. The number of hydrogen-bond acceptors (Lipinski definition) is 7. The average molecular weight is 351 g/mol. The van der Waals surface area contributed by atoms with Gasteiger partial charge in [-0.2, -0.15) is 0 Å². The minimum absolute atomic E-state index is 0.0818. The van der Waals surface area contributed by atoms with Gasteiger partial charge in [0.1, 0.15) is 0 Å². The molecular weight excluding hydrogens is 330 g/mol. The van der Waals surface area contributed by atoms with Gasteiger partial charge in [0.05, 0.1) is 5.92 Å². The van der Waals surface area contributed by atoms with E-state index in [9.17, 15) is 24.0 Å². The molecule has 25 heavy (non-hydrogen) atoms. The SMILES string of the molecule is O=C(ON1C(=O)CCC1=O)C1CCC(CNN2C(=O)CCC2=O)CC1. The highest BCUT2D eigenvalue weighted by Crippen LogP contribution is 2.30. The van der Waals surface area contributed by atoms with E-state index in [1.807, 2.05) is 0 Å². The lowest BCUT2D eigenvalue weighted by molar-refractivity contribution is -0.201. The molecule has 3 fully saturated rings. The third kappa shape index (κ3) is 3.87. The van der Waals surface area contributed by atoms with Crippen LogP contribution in [0.2, 0.25) is 0 Å². The van der Waals surface area contributed by atoms with Crippen molar-refractivity contribution >= 4 is 29.6 Å². The first-order chi connectivity index (χ1) is 12.0. The van der Waals surface area contributed by atoms with Gasteiger partial charge >= 0.3 is 5.97 Å². The lowest BCUT2D eigenvalue weighted by Gasteiger charge is -2.29. The largest absolute Gasteiger partial charge is 0.336 e. The molecule has 0 aromatic rings. The predicted molar refractivity (Wildman–Crippen MR) is 81.7 cm³/mol. The highest BCUT2D eigenvalue weighted by molar-refractivity contribution is 6.02. The summed E-state index contributed by atoms with van der Waals surface area (Å²) < 4.78 is 0. The summed E-state index contributed by atoms with van der Waals surface area (Å²) in [6.45, 7) is 0.502. The zero-order valence-electron chi connectivity index (χ0n) is 13.9. The van der Waals surface area contributed by atoms with Crippen molar-refractivity contribution in [2.45, 2.75) is 51.4 Å². The van der Waals surface area contributed by atoms with E-state index in [1.54, 1.807) is 0 Å². The number of nitrogens with zero attached hydrogens (tertiary/aromatic N) is 2. The number of hydroxylamine groups is 2. The molecule has 0 aromatic carbocycles. The molecular formula is C16H21N3O6. The molecule has 2 aliphatic heterocycles. The fraction of sp³-hybridized carbons (Fsp3) is 0.688. The number of rotatable bonds is 5. The van der Waals surface area contributed by atoms with Gasteiger partial charge in [0.2, 0.25) is 11.8 Å². The van der Waals surface area contributed by atoms with Crippen molar-refractivity contribution in [3.05, 3.63) is 0 Å². The number of hydrazine groups is 1. The van der Waals surface area contributed by atoms with Gasteiger partial charge in [0.25, 0.3) is 11.8 Å². The molecule has 2 saturated heterocycles. The molecule has 1 N–H and O–H groups in total. The Labute approximate surface area is 144 Å². The highest BCUT2D eigenvalue weighted by atomic mass is 16.7. The second-order valence-corrected chi connectivity index (χ2v) is 6.69. The number of imide groups is 2. The Balaban J connectivity index is 1.41. The minimum atomic E-state index is -0.542. The standard InChI is InChI=1S/C16H21N3O6/c20-12-5-6-13(21)18(12)17-9-10-1-3-11(4-2-10)16(24)25-19-14(22)7-8-15(19)23/h10-11,17H,1-9H2. The fourth-order valence-corrected chi connectivity index (χ4v) is 3.40. The lowest BCUT2D eigenvalue weighted by Crippen LogP contribution is -2.45. The van der Waals surface area contributed by atoms with Crippen LogP contribution in [0.3, 0.4) is 0 Å². The van der Waals surface area contributed by atoms with Crippen molar-refractivity contribution in [3.63, 3.8) is 0 Å². The predicted octanol–water partition coefficient (Wildman–Crippen LogP) is 0.0536. The molecule has 9 nitrogen and oxygen atoms in total. The summed E-state index contributed by atoms with van der Waals surface area (Å²) in [5, 5.41) is 1.67. The van der Waals surface area contributed by atoms with Crippen LogP contribution in [0.15, 0.2) is 0 Å². The van der Waals surface area contributed by atoms with Crippen LogP contribution in [0, 0.1) is 11.8 Å². The van der Waals surface area contributed by atoms with Gasteiger partial charge in [-0.3, -0.25) is 19.2 Å². The van der Waals surface area contributed by atoms with Crippen LogP contribution in [-0.4, -0.2) is 46.2 Å². The van der Waals surface area contributed by atoms with Gasteiger partial charge in [0, 0.05) is 32.2 Å².